The molecule has 80 valence electrons. The van der Waals surface area contributed by atoms with Crippen LogP contribution in [0.1, 0.15) is 19.2 Å². The van der Waals surface area contributed by atoms with Gasteiger partial charge in [-0.2, -0.15) is 11.8 Å². The Morgan fingerprint density at radius 3 is 3.14 bits per heavy atom. The lowest BCUT2D eigenvalue weighted by Crippen LogP contribution is -2.18. The Bertz CT molecular complexity index is 247. The van der Waals surface area contributed by atoms with E-state index in [0.29, 0.717) is 0 Å². The smallest absolute Gasteiger partial charge is 0.122 e. The standard InChI is InChI=1S/C10H19N3S/c1-3-13-7-6-12-10(13)9-11-5-4-8-14-2/h6-7,11H,3-5,8-9H2,1-2H3. The van der Waals surface area contributed by atoms with E-state index in [1.54, 1.807) is 0 Å². The number of aromatic nitrogens is 2. The van der Waals surface area contributed by atoms with Gasteiger partial charge < -0.3 is 9.88 Å². The third-order valence-corrected chi connectivity index (χ3v) is 2.82. The van der Waals surface area contributed by atoms with E-state index in [1.165, 1.54) is 12.2 Å². The highest BCUT2D eigenvalue weighted by molar-refractivity contribution is 7.98. The van der Waals surface area contributed by atoms with Crippen molar-refractivity contribution < 1.29 is 0 Å². The molecular weight excluding hydrogens is 194 g/mol. The summed E-state index contributed by atoms with van der Waals surface area (Å²) >= 11 is 1.90. The second-order valence-corrected chi connectivity index (χ2v) is 4.14. The van der Waals surface area contributed by atoms with Crippen molar-refractivity contribution in [2.75, 3.05) is 18.6 Å². The lowest BCUT2D eigenvalue weighted by atomic mass is 10.4. The molecule has 0 aromatic carbocycles. The number of rotatable bonds is 7. The molecule has 0 amide bonds. The Labute approximate surface area is 90.3 Å². The van der Waals surface area contributed by atoms with Crippen molar-refractivity contribution in [1.82, 2.24) is 14.9 Å². The van der Waals surface area contributed by atoms with E-state index in [4.69, 9.17) is 0 Å². The van der Waals surface area contributed by atoms with Gasteiger partial charge in [-0.3, -0.25) is 0 Å². The van der Waals surface area contributed by atoms with E-state index in [9.17, 15) is 0 Å². The highest BCUT2D eigenvalue weighted by Crippen LogP contribution is 1.97. The summed E-state index contributed by atoms with van der Waals surface area (Å²) in [5.74, 6) is 2.37. The van der Waals surface area contributed by atoms with Gasteiger partial charge in [0.15, 0.2) is 0 Å². The maximum absolute atomic E-state index is 4.30. The molecule has 0 bridgehead atoms. The maximum atomic E-state index is 4.30. The normalized spacial score (nSPS) is 10.7. The Hall–Kier alpha value is -0.480. The predicted octanol–water partition coefficient (Wildman–Crippen LogP) is 1.75. The number of aryl methyl sites for hydroxylation is 1. The minimum Gasteiger partial charge on any atom is -0.334 e. The van der Waals surface area contributed by atoms with Crippen LogP contribution in [0, 0.1) is 0 Å². The molecule has 1 N–H and O–H groups in total. The summed E-state index contributed by atoms with van der Waals surface area (Å²) < 4.78 is 2.17. The zero-order valence-electron chi connectivity index (χ0n) is 8.99. The van der Waals surface area contributed by atoms with Crippen molar-refractivity contribution in [3.05, 3.63) is 18.2 Å². The van der Waals surface area contributed by atoms with Crippen LogP contribution in [0.15, 0.2) is 12.4 Å². The molecule has 0 atom stereocenters. The number of hydrogen-bond donors (Lipinski definition) is 1. The van der Waals surface area contributed by atoms with Crippen molar-refractivity contribution in [3.63, 3.8) is 0 Å². The zero-order valence-corrected chi connectivity index (χ0v) is 9.81. The molecule has 0 radical (unpaired) electrons. The summed E-state index contributed by atoms with van der Waals surface area (Å²) in [5, 5.41) is 3.40. The molecule has 0 fully saturated rings. The average molecular weight is 213 g/mol. The van der Waals surface area contributed by atoms with Gasteiger partial charge in [-0.05, 0) is 31.9 Å². The van der Waals surface area contributed by atoms with E-state index in [-0.39, 0.29) is 0 Å². The van der Waals surface area contributed by atoms with Gasteiger partial charge in [-0.15, -0.1) is 0 Å². The molecular formula is C10H19N3S. The van der Waals surface area contributed by atoms with Gasteiger partial charge in [0.1, 0.15) is 5.82 Å². The molecule has 1 heterocycles. The maximum Gasteiger partial charge on any atom is 0.122 e. The fourth-order valence-corrected chi connectivity index (χ4v) is 1.77. The second kappa shape index (κ2) is 6.90. The molecule has 0 saturated heterocycles. The average Bonchev–Trinajstić information content (AvgIpc) is 2.65. The first kappa shape index (κ1) is 11.6. The second-order valence-electron chi connectivity index (χ2n) is 3.15. The number of imidazole rings is 1. The largest absolute Gasteiger partial charge is 0.334 e. The van der Waals surface area contributed by atoms with Crippen molar-refractivity contribution in [1.29, 1.82) is 0 Å². The van der Waals surface area contributed by atoms with Crippen LogP contribution in [0.3, 0.4) is 0 Å². The first-order valence-corrected chi connectivity index (χ1v) is 6.47. The highest BCUT2D eigenvalue weighted by atomic mass is 32.2. The Morgan fingerprint density at radius 1 is 1.57 bits per heavy atom. The van der Waals surface area contributed by atoms with Gasteiger partial charge in [-0.25, -0.2) is 4.98 Å². The third kappa shape index (κ3) is 3.72. The van der Waals surface area contributed by atoms with E-state index < -0.39 is 0 Å². The van der Waals surface area contributed by atoms with Crippen LogP contribution < -0.4 is 5.32 Å². The van der Waals surface area contributed by atoms with Crippen LogP contribution in [0.5, 0.6) is 0 Å². The Balaban J connectivity index is 2.17. The van der Waals surface area contributed by atoms with Crippen molar-refractivity contribution in [2.24, 2.45) is 0 Å². The molecule has 1 rings (SSSR count). The van der Waals surface area contributed by atoms with E-state index in [2.05, 4.69) is 28.0 Å². The van der Waals surface area contributed by atoms with Gasteiger partial charge in [0.05, 0.1) is 6.54 Å². The van der Waals surface area contributed by atoms with E-state index in [0.717, 1.165) is 25.5 Å². The molecule has 14 heavy (non-hydrogen) atoms. The van der Waals surface area contributed by atoms with Crippen LogP contribution in [0.2, 0.25) is 0 Å². The first-order valence-electron chi connectivity index (χ1n) is 5.08. The molecule has 4 heteroatoms. The number of nitrogens with one attached hydrogen (secondary N) is 1. The first-order chi connectivity index (χ1) is 6.88. The molecule has 0 aliphatic carbocycles. The predicted molar refractivity (Wildman–Crippen MR) is 62.6 cm³/mol. The third-order valence-electron chi connectivity index (χ3n) is 2.13. The SMILES string of the molecule is CCn1ccnc1CNCCCSC. The summed E-state index contributed by atoms with van der Waals surface area (Å²) in [6.45, 7) is 5.10. The van der Waals surface area contributed by atoms with Gasteiger partial charge in [0.25, 0.3) is 0 Å². The van der Waals surface area contributed by atoms with Crippen LogP contribution in [0.4, 0.5) is 0 Å². The van der Waals surface area contributed by atoms with E-state index in [1.807, 2.05) is 24.2 Å². The number of thioether (sulfide) groups is 1. The molecule has 0 saturated carbocycles. The van der Waals surface area contributed by atoms with Gasteiger partial charge >= 0.3 is 0 Å². The summed E-state index contributed by atoms with van der Waals surface area (Å²) in [5.41, 5.74) is 0. The fourth-order valence-electron chi connectivity index (χ4n) is 1.34. The molecule has 3 nitrogen and oxygen atoms in total. The lowest BCUT2D eigenvalue weighted by molar-refractivity contribution is 0.609. The van der Waals surface area contributed by atoms with Crippen molar-refractivity contribution in [2.45, 2.75) is 26.4 Å². The molecule has 0 unspecified atom stereocenters. The number of nitrogens with zero attached hydrogens (tertiary/aromatic N) is 2. The molecule has 1 aromatic heterocycles. The Morgan fingerprint density at radius 2 is 2.43 bits per heavy atom. The van der Waals surface area contributed by atoms with Crippen LogP contribution in [-0.2, 0) is 13.1 Å². The van der Waals surface area contributed by atoms with E-state index >= 15 is 0 Å². The zero-order chi connectivity index (χ0) is 10.2. The molecule has 0 spiro atoms. The van der Waals surface area contributed by atoms with Crippen LogP contribution >= 0.6 is 11.8 Å². The quantitative estimate of drug-likeness (QED) is 0.700. The van der Waals surface area contributed by atoms with Crippen LogP contribution in [0.25, 0.3) is 0 Å². The number of hydrogen-bond acceptors (Lipinski definition) is 3. The van der Waals surface area contributed by atoms with Gasteiger partial charge in [0, 0.05) is 18.9 Å². The van der Waals surface area contributed by atoms with Gasteiger partial charge in [0.2, 0.25) is 0 Å². The summed E-state index contributed by atoms with van der Waals surface area (Å²) in [7, 11) is 0. The summed E-state index contributed by atoms with van der Waals surface area (Å²) in [6.07, 6.45) is 7.26. The Kier molecular flexibility index (Phi) is 5.71. The van der Waals surface area contributed by atoms with Crippen molar-refractivity contribution >= 4 is 11.8 Å². The summed E-state index contributed by atoms with van der Waals surface area (Å²) in [6, 6.07) is 0. The highest BCUT2D eigenvalue weighted by Gasteiger charge is 1.98. The van der Waals surface area contributed by atoms with Crippen molar-refractivity contribution in [3.8, 4) is 0 Å². The topological polar surface area (TPSA) is 29.9 Å². The summed E-state index contributed by atoms with van der Waals surface area (Å²) in [4.78, 5) is 4.30. The van der Waals surface area contributed by atoms with Crippen LogP contribution in [-0.4, -0.2) is 28.1 Å². The lowest BCUT2D eigenvalue weighted by Gasteiger charge is -2.05. The molecule has 0 aliphatic rings. The fraction of sp³-hybridized carbons (Fsp3) is 0.700. The molecule has 0 aliphatic heterocycles. The monoisotopic (exact) mass is 213 g/mol. The minimum atomic E-state index is 0.884. The van der Waals surface area contributed by atoms with Gasteiger partial charge in [-0.1, -0.05) is 0 Å². The molecule has 1 aromatic rings. The minimum absolute atomic E-state index is 0.884.